The van der Waals surface area contributed by atoms with E-state index in [2.05, 4.69) is 5.32 Å². The highest BCUT2D eigenvalue weighted by atomic mass is 32.1. The van der Waals surface area contributed by atoms with E-state index in [0.29, 0.717) is 16.0 Å². The maximum atomic E-state index is 13.6. The number of amides is 1. The van der Waals surface area contributed by atoms with Gasteiger partial charge in [-0.15, -0.1) is 11.3 Å². The van der Waals surface area contributed by atoms with Gasteiger partial charge < -0.3 is 25.2 Å². The Morgan fingerprint density at radius 1 is 1.06 bits per heavy atom. The number of carboxylic acids is 2. The molecule has 1 amide bonds. The third kappa shape index (κ3) is 5.36. The second-order valence-corrected chi connectivity index (χ2v) is 9.30. The molecule has 1 aromatic heterocycles. The molecule has 0 spiro atoms. The summed E-state index contributed by atoms with van der Waals surface area (Å²) in [5.74, 6) is -2.40. The average Bonchev–Trinajstić information content (AvgIpc) is 3.20. The van der Waals surface area contributed by atoms with Crippen LogP contribution in [0.4, 0.5) is 5.69 Å². The van der Waals surface area contributed by atoms with Gasteiger partial charge in [-0.2, -0.15) is 0 Å². The fourth-order valence-corrected chi connectivity index (χ4v) is 5.38. The zero-order valence-corrected chi connectivity index (χ0v) is 20.0. The highest BCUT2D eigenvalue weighted by Gasteiger charge is 2.29. The highest BCUT2D eigenvalue weighted by Crippen LogP contribution is 2.42. The van der Waals surface area contributed by atoms with Crippen molar-refractivity contribution in [2.24, 2.45) is 0 Å². The Bertz CT molecular complexity index is 1230. The Kier molecular flexibility index (Phi) is 7.48. The zero-order chi connectivity index (χ0) is 24.9. The van der Waals surface area contributed by atoms with E-state index in [9.17, 15) is 19.5 Å². The lowest BCUT2D eigenvalue weighted by atomic mass is 10.0. The van der Waals surface area contributed by atoms with Gasteiger partial charge in [-0.25, -0.2) is 9.59 Å². The quantitative estimate of drug-likeness (QED) is 0.428. The zero-order valence-electron chi connectivity index (χ0n) is 19.2. The van der Waals surface area contributed by atoms with Gasteiger partial charge in [0, 0.05) is 27.7 Å². The summed E-state index contributed by atoms with van der Waals surface area (Å²) < 4.78 is 5.32. The van der Waals surface area contributed by atoms with E-state index in [1.807, 2.05) is 47.4 Å². The van der Waals surface area contributed by atoms with Crippen LogP contribution in [-0.2, 0) is 4.79 Å². The molecule has 3 aromatic rings. The predicted molar refractivity (Wildman–Crippen MR) is 134 cm³/mol. The molecule has 35 heavy (non-hydrogen) atoms. The van der Waals surface area contributed by atoms with Crippen LogP contribution in [0, 0.1) is 6.92 Å². The highest BCUT2D eigenvalue weighted by molar-refractivity contribution is 7.18. The molecule has 0 bridgehead atoms. The summed E-state index contributed by atoms with van der Waals surface area (Å²) in [6.45, 7) is 2.71. The van der Waals surface area contributed by atoms with Gasteiger partial charge in [0.25, 0.3) is 5.91 Å². The summed E-state index contributed by atoms with van der Waals surface area (Å²) in [5, 5.41) is 22.0. The van der Waals surface area contributed by atoms with Crippen LogP contribution in [0.25, 0.3) is 10.4 Å². The van der Waals surface area contributed by atoms with Crippen molar-refractivity contribution in [3.63, 3.8) is 0 Å². The van der Waals surface area contributed by atoms with Crippen LogP contribution in [0.2, 0.25) is 0 Å². The lowest BCUT2D eigenvalue weighted by Crippen LogP contribution is -2.46. The van der Waals surface area contributed by atoms with Gasteiger partial charge in [0.05, 0.1) is 0 Å². The SMILES string of the molecule is Cc1c(-c2cccc(N(C(=O)c3ccccc3)C3CCNCC3)c2)sc(C(=O)O)c1OCC(=O)O. The van der Waals surface area contributed by atoms with Gasteiger partial charge in [0.2, 0.25) is 0 Å². The van der Waals surface area contributed by atoms with Crippen LogP contribution in [0.3, 0.4) is 0 Å². The van der Waals surface area contributed by atoms with Crippen molar-refractivity contribution < 1.29 is 29.3 Å². The summed E-state index contributed by atoms with van der Waals surface area (Å²) in [5.41, 5.74) is 2.60. The minimum Gasteiger partial charge on any atom is -0.480 e. The molecule has 0 radical (unpaired) electrons. The summed E-state index contributed by atoms with van der Waals surface area (Å²) in [6.07, 6.45) is 1.63. The molecule has 0 unspecified atom stereocenters. The van der Waals surface area contributed by atoms with Gasteiger partial charge in [-0.3, -0.25) is 4.79 Å². The fraction of sp³-hybridized carbons (Fsp3) is 0.269. The van der Waals surface area contributed by atoms with E-state index in [-0.39, 0.29) is 22.6 Å². The van der Waals surface area contributed by atoms with E-state index < -0.39 is 18.5 Å². The van der Waals surface area contributed by atoms with E-state index in [1.165, 1.54) is 0 Å². The number of anilines is 1. The topological polar surface area (TPSA) is 116 Å². The Morgan fingerprint density at radius 3 is 2.43 bits per heavy atom. The normalized spacial score (nSPS) is 13.9. The molecule has 1 aliphatic heterocycles. The maximum absolute atomic E-state index is 13.6. The van der Waals surface area contributed by atoms with Gasteiger partial charge in [-0.1, -0.05) is 30.3 Å². The Hall–Kier alpha value is -3.69. The summed E-state index contributed by atoms with van der Waals surface area (Å²) in [7, 11) is 0. The minimum absolute atomic E-state index is 0.0210. The standard InChI is InChI=1S/C26H26N2O6S/c1-16-22(34-15-21(29)30)24(26(32)33)35-23(16)18-8-5-9-20(14-18)28(19-10-12-27-13-11-19)25(31)17-6-3-2-4-7-17/h2-9,14,19,27H,10-13,15H2,1H3,(H,29,30)(H,32,33). The van der Waals surface area contributed by atoms with Crippen LogP contribution >= 0.6 is 11.3 Å². The smallest absolute Gasteiger partial charge is 0.349 e. The van der Waals surface area contributed by atoms with Crippen molar-refractivity contribution in [1.29, 1.82) is 0 Å². The molecule has 3 N–H and O–H groups in total. The first-order chi connectivity index (χ1) is 16.9. The maximum Gasteiger partial charge on any atom is 0.349 e. The fourth-order valence-electron chi connectivity index (χ4n) is 4.30. The first-order valence-corrected chi connectivity index (χ1v) is 12.1. The second-order valence-electron chi connectivity index (χ2n) is 8.27. The molecule has 8 nitrogen and oxygen atoms in total. The number of aromatic carboxylic acids is 1. The van der Waals surface area contributed by atoms with E-state index in [0.717, 1.165) is 48.5 Å². The van der Waals surface area contributed by atoms with Crippen LogP contribution in [-0.4, -0.2) is 53.8 Å². The van der Waals surface area contributed by atoms with Crippen LogP contribution in [0.5, 0.6) is 5.75 Å². The first-order valence-electron chi connectivity index (χ1n) is 11.3. The number of carboxylic acid groups (broad SMARTS) is 2. The molecule has 182 valence electrons. The molecular formula is C26H26N2O6S. The number of ether oxygens (including phenoxy) is 1. The van der Waals surface area contributed by atoms with E-state index >= 15 is 0 Å². The number of benzene rings is 2. The molecule has 4 rings (SSSR count). The van der Waals surface area contributed by atoms with Crippen LogP contribution in [0.15, 0.2) is 54.6 Å². The van der Waals surface area contributed by atoms with Crippen molar-refractivity contribution >= 4 is 34.9 Å². The minimum atomic E-state index is -1.19. The number of hydrogen-bond acceptors (Lipinski definition) is 6. The predicted octanol–water partition coefficient (Wildman–Crippen LogP) is 4.28. The summed E-state index contributed by atoms with van der Waals surface area (Å²) in [6, 6.07) is 16.6. The molecule has 0 saturated carbocycles. The summed E-state index contributed by atoms with van der Waals surface area (Å²) in [4.78, 5) is 38.8. The third-order valence-electron chi connectivity index (χ3n) is 5.93. The number of nitrogens with zero attached hydrogens (tertiary/aromatic N) is 1. The molecule has 1 aliphatic rings. The molecule has 2 aromatic carbocycles. The number of piperidine rings is 1. The first kappa shape index (κ1) is 24.4. The number of hydrogen-bond donors (Lipinski definition) is 3. The Labute approximate surface area is 206 Å². The van der Waals surface area contributed by atoms with Gasteiger partial charge in [0.1, 0.15) is 5.75 Å². The monoisotopic (exact) mass is 494 g/mol. The van der Waals surface area contributed by atoms with Crippen molar-refractivity contribution in [3.05, 3.63) is 70.6 Å². The van der Waals surface area contributed by atoms with Crippen LogP contribution < -0.4 is 15.0 Å². The van der Waals surface area contributed by atoms with Crippen molar-refractivity contribution in [2.45, 2.75) is 25.8 Å². The average molecular weight is 495 g/mol. The Morgan fingerprint density at radius 2 is 1.77 bits per heavy atom. The number of aliphatic carboxylic acids is 1. The number of carbonyl (C=O) groups excluding carboxylic acids is 1. The molecular weight excluding hydrogens is 468 g/mol. The third-order valence-corrected chi connectivity index (χ3v) is 7.24. The second kappa shape index (κ2) is 10.7. The molecule has 1 fully saturated rings. The lowest BCUT2D eigenvalue weighted by molar-refractivity contribution is -0.139. The van der Waals surface area contributed by atoms with Gasteiger partial charge in [-0.05, 0) is 62.7 Å². The molecule has 9 heteroatoms. The molecule has 0 aliphatic carbocycles. The van der Waals surface area contributed by atoms with Gasteiger partial charge >= 0.3 is 11.9 Å². The number of nitrogens with one attached hydrogen (secondary N) is 1. The van der Waals surface area contributed by atoms with Gasteiger partial charge in [0.15, 0.2) is 11.5 Å². The lowest BCUT2D eigenvalue weighted by Gasteiger charge is -2.35. The number of thiophene rings is 1. The molecule has 0 atom stereocenters. The Balaban J connectivity index is 1.76. The van der Waals surface area contributed by atoms with E-state index in [1.54, 1.807) is 19.1 Å². The molecule has 1 saturated heterocycles. The van der Waals surface area contributed by atoms with Crippen molar-refractivity contribution in [1.82, 2.24) is 5.32 Å². The molecule has 2 heterocycles. The summed E-state index contributed by atoms with van der Waals surface area (Å²) >= 11 is 1.03. The van der Waals surface area contributed by atoms with Crippen LogP contribution in [0.1, 0.15) is 38.4 Å². The largest absolute Gasteiger partial charge is 0.480 e. The van der Waals surface area contributed by atoms with Crippen molar-refractivity contribution in [2.75, 3.05) is 24.6 Å². The number of rotatable bonds is 8. The van der Waals surface area contributed by atoms with E-state index in [4.69, 9.17) is 9.84 Å². The van der Waals surface area contributed by atoms with Crippen molar-refractivity contribution in [3.8, 4) is 16.2 Å². The number of carbonyl (C=O) groups is 3.